The monoisotopic (exact) mass is 326 g/mol. The third kappa shape index (κ3) is 3.60. The van der Waals surface area contributed by atoms with Crippen molar-refractivity contribution in [2.24, 2.45) is 5.73 Å². The first-order valence-corrected chi connectivity index (χ1v) is 8.30. The zero-order valence-electron chi connectivity index (χ0n) is 11.2. The number of sulfonamides is 1. The number of ether oxygens (including phenoxy) is 1. The van der Waals surface area contributed by atoms with Gasteiger partial charge in [-0.3, -0.25) is 4.79 Å². The highest BCUT2D eigenvalue weighted by molar-refractivity contribution is 7.89. The van der Waals surface area contributed by atoms with Gasteiger partial charge >= 0.3 is 0 Å². The minimum atomic E-state index is -3.72. The number of carbonyl (C=O) groups is 1. The lowest BCUT2D eigenvalue weighted by molar-refractivity contribution is 0.0997. The molecule has 0 aliphatic rings. The average Bonchev–Trinajstić information content (AvgIpc) is 2.97. The van der Waals surface area contributed by atoms with E-state index in [1.54, 1.807) is 0 Å². The van der Waals surface area contributed by atoms with Crippen molar-refractivity contribution in [1.29, 1.82) is 0 Å². The molecule has 8 heteroatoms. The van der Waals surface area contributed by atoms with Crippen LogP contribution in [-0.2, 0) is 16.6 Å². The Bertz CT molecular complexity index is 740. The van der Waals surface area contributed by atoms with Gasteiger partial charge in [0.2, 0.25) is 10.0 Å². The lowest BCUT2D eigenvalue weighted by Crippen LogP contribution is -2.23. The summed E-state index contributed by atoms with van der Waals surface area (Å²) in [6.07, 6.45) is 0. The maximum Gasteiger partial charge on any atom is 0.252 e. The number of nitrogens with two attached hydrogens (primary N) is 1. The smallest absolute Gasteiger partial charge is 0.252 e. The first-order valence-electron chi connectivity index (χ1n) is 5.94. The number of primary amides is 1. The normalized spacial score (nSPS) is 11.3. The maximum absolute atomic E-state index is 12.2. The van der Waals surface area contributed by atoms with E-state index in [0.29, 0.717) is 0 Å². The highest BCUT2D eigenvalue weighted by Crippen LogP contribution is 2.22. The second kappa shape index (κ2) is 6.25. The molecule has 0 aliphatic carbocycles. The molecule has 0 saturated heterocycles. The van der Waals surface area contributed by atoms with Crippen molar-refractivity contribution in [1.82, 2.24) is 4.72 Å². The Balaban J connectivity index is 2.27. The summed E-state index contributed by atoms with van der Waals surface area (Å²) in [6, 6.07) is 7.64. The number of benzene rings is 1. The molecule has 112 valence electrons. The predicted molar refractivity (Wildman–Crippen MR) is 79.9 cm³/mol. The summed E-state index contributed by atoms with van der Waals surface area (Å²) in [5.41, 5.74) is 5.25. The van der Waals surface area contributed by atoms with Gasteiger partial charge in [-0.2, -0.15) is 0 Å². The van der Waals surface area contributed by atoms with Gasteiger partial charge in [-0.25, -0.2) is 13.1 Å². The molecular weight excluding hydrogens is 312 g/mol. The summed E-state index contributed by atoms with van der Waals surface area (Å²) in [5, 5.41) is 1.86. The van der Waals surface area contributed by atoms with E-state index in [1.165, 1.54) is 36.6 Å². The third-order valence-electron chi connectivity index (χ3n) is 2.76. The molecule has 1 amide bonds. The molecule has 0 unspecified atom stereocenters. The Morgan fingerprint density at radius 1 is 1.38 bits per heavy atom. The van der Waals surface area contributed by atoms with Crippen molar-refractivity contribution in [3.63, 3.8) is 0 Å². The first-order chi connectivity index (χ1) is 9.94. The molecule has 0 bridgehead atoms. The van der Waals surface area contributed by atoms with E-state index in [2.05, 4.69) is 4.72 Å². The van der Waals surface area contributed by atoms with E-state index in [-0.39, 0.29) is 22.8 Å². The highest BCUT2D eigenvalue weighted by Gasteiger charge is 2.18. The van der Waals surface area contributed by atoms with E-state index in [0.717, 1.165) is 4.88 Å². The first kappa shape index (κ1) is 15.5. The van der Waals surface area contributed by atoms with Gasteiger partial charge in [0.05, 0.1) is 17.6 Å². The third-order valence-corrected chi connectivity index (χ3v) is 5.04. The van der Waals surface area contributed by atoms with Crippen molar-refractivity contribution in [3.05, 3.63) is 46.2 Å². The number of hydrogen-bond acceptors (Lipinski definition) is 5. The molecule has 2 rings (SSSR count). The summed E-state index contributed by atoms with van der Waals surface area (Å²) in [5.74, 6) is -0.512. The Kier molecular flexibility index (Phi) is 4.61. The van der Waals surface area contributed by atoms with Crippen molar-refractivity contribution >= 4 is 27.3 Å². The zero-order chi connectivity index (χ0) is 15.5. The van der Waals surface area contributed by atoms with Crippen LogP contribution in [0.1, 0.15) is 15.2 Å². The zero-order valence-corrected chi connectivity index (χ0v) is 12.8. The molecule has 21 heavy (non-hydrogen) atoms. The van der Waals surface area contributed by atoms with Gasteiger partial charge in [-0.05, 0) is 29.6 Å². The van der Waals surface area contributed by atoms with Crippen LogP contribution in [0.25, 0.3) is 0 Å². The maximum atomic E-state index is 12.2. The molecule has 0 spiro atoms. The molecular formula is C13H14N2O4S2. The number of carbonyl (C=O) groups excluding carboxylic acids is 1. The van der Waals surface area contributed by atoms with E-state index < -0.39 is 15.9 Å². The topological polar surface area (TPSA) is 98.5 Å². The van der Waals surface area contributed by atoms with Crippen molar-refractivity contribution in [2.75, 3.05) is 7.11 Å². The summed E-state index contributed by atoms with van der Waals surface area (Å²) in [4.78, 5) is 12.2. The van der Waals surface area contributed by atoms with Crippen molar-refractivity contribution in [3.8, 4) is 5.75 Å². The molecule has 0 fully saturated rings. The molecule has 3 N–H and O–H groups in total. The van der Waals surface area contributed by atoms with Crippen LogP contribution in [0.3, 0.4) is 0 Å². The summed E-state index contributed by atoms with van der Waals surface area (Å²) < 4.78 is 31.9. The second-order valence-electron chi connectivity index (χ2n) is 4.13. The lowest BCUT2D eigenvalue weighted by atomic mass is 10.2. The molecule has 1 aromatic heterocycles. The molecule has 2 aromatic rings. The van der Waals surface area contributed by atoms with Crippen LogP contribution in [0.15, 0.2) is 40.6 Å². The van der Waals surface area contributed by atoms with E-state index >= 15 is 0 Å². The number of amides is 1. The van der Waals surface area contributed by atoms with Gasteiger partial charge < -0.3 is 10.5 Å². The quantitative estimate of drug-likeness (QED) is 0.836. The number of rotatable bonds is 6. The van der Waals surface area contributed by atoms with Gasteiger partial charge in [0.1, 0.15) is 5.75 Å². The molecule has 0 atom stereocenters. The SMILES string of the molecule is COc1ccc(S(=O)(=O)NCc2cccs2)cc1C(N)=O. The molecule has 1 aromatic carbocycles. The molecule has 0 radical (unpaired) electrons. The summed E-state index contributed by atoms with van der Waals surface area (Å²) >= 11 is 1.45. The predicted octanol–water partition coefficient (Wildman–Crippen LogP) is 1.33. The number of methoxy groups -OCH3 is 1. The number of hydrogen-bond donors (Lipinski definition) is 2. The lowest BCUT2D eigenvalue weighted by Gasteiger charge is -2.09. The molecule has 6 nitrogen and oxygen atoms in total. The fourth-order valence-corrected chi connectivity index (χ4v) is 3.48. The van der Waals surface area contributed by atoms with E-state index in [9.17, 15) is 13.2 Å². The Morgan fingerprint density at radius 2 is 2.14 bits per heavy atom. The Morgan fingerprint density at radius 3 is 2.71 bits per heavy atom. The molecule has 0 aliphatic heterocycles. The van der Waals surface area contributed by atoms with Crippen LogP contribution in [0, 0.1) is 0 Å². The van der Waals surface area contributed by atoms with Crippen molar-refractivity contribution < 1.29 is 17.9 Å². The number of thiophene rings is 1. The summed E-state index contributed by atoms with van der Waals surface area (Å²) in [6.45, 7) is 0.192. The van der Waals surface area contributed by atoms with Gasteiger partial charge in [0.25, 0.3) is 5.91 Å². The minimum absolute atomic E-state index is 0.0245. The minimum Gasteiger partial charge on any atom is -0.496 e. The van der Waals surface area contributed by atoms with E-state index in [1.807, 2.05) is 17.5 Å². The average molecular weight is 326 g/mol. The van der Waals surface area contributed by atoms with Crippen LogP contribution in [0.2, 0.25) is 0 Å². The Hall–Kier alpha value is -1.90. The van der Waals surface area contributed by atoms with Gasteiger partial charge in [-0.15, -0.1) is 11.3 Å². The fraction of sp³-hybridized carbons (Fsp3) is 0.154. The number of nitrogens with one attached hydrogen (secondary N) is 1. The highest BCUT2D eigenvalue weighted by atomic mass is 32.2. The standard InChI is InChI=1S/C13H14N2O4S2/c1-19-12-5-4-10(7-11(12)13(14)16)21(17,18)15-8-9-3-2-6-20-9/h2-7,15H,8H2,1H3,(H2,14,16). The van der Waals surface area contributed by atoms with Gasteiger partial charge in [0, 0.05) is 11.4 Å². The van der Waals surface area contributed by atoms with Crippen LogP contribution in [0.5, 0.6) is 5.75 Å². The van der Waals surface area contributed by atoms with E-state index in [4.69, 9.17) is 10.5 Å². The fourth-order valence-electron chi connectivity index (χ4n) is 1.71. The van der Waals surface area contributed by atoms with Crippen molar-refractivity contribution in [2.45, 2.75) is 11.4 Å². The molecule has 1 heterocycles. The molecule has 0 saturated carbocycles. The van der Waals surface area contributed by atoms with Crippen LogP contribution in [0.4, 0.5) is 0 Å². The van der Waals surface area contributed by atoms with Crippen LogP contribution < -0.4 is 15.2 Å². The van der Waals surface area contributed by atoms with Gasteiger partial charge in [0.15, 0.2) is 0 Å². The largest absolute Gasteiger partial charge is 0.496 e. The van der Waals surface area contributed by atoms with Crippen LogP contribution >= 0.6 is 11.3 Å². The second-order valence-corrected chi connectivity index (χ2v) is 6.93. The Labute approximate surface area is 126 Å². The van der Waals surface area contributed by atoms with Crippen LogP contribution in [-0.4, -0.2) is 21.4 Å². The summed E-state index contributed by atoms with van der Waals surface area (Å²) in [7, 11) is -2.34. The van der Waals surface area contributed by atoms with Gasteiger partial charge in [-0.1, -0.05) is 6.07 Å².